The third-order valence-corrected chi connectivity index (χ3v) is 4.02. The van der Waals surface area contributed by atoms with Crippen LogP contribution in [0.15, 0.2) is 30.3 Å². The van der Waals surface area contributed by atoms with E-state index in [1.165, 1.54) is 0 Å². The number of likely N-dealkylation sites (N-methyl/N-ethyl adjacent to an activating group) is 1. The predicted octanol–water partition coefficient (Wildman–Crippen LogP) is 3.88. The topological polar surface area (TPSA) is 25.2 Å². The largest absolute Gasteiger partial charge is 0.318 e. The molecule has 0 bridgehead atoms. The summed E-state index contributed by atoms with van der Waals surface area (Å²) in [4.78, 5) is 14.4. The molecular weight excluding hydrogens is 284 g/mol. The van der Waals surface area contributed by atoms with E-state index in [1.54, 1.807) is 0 Å². The van der Waals surface area contributed by atoms with Gasteiger partial charge in [0.05, 0.1) is 6.54 Å². The van der Waals surface area contributed by atoms with E-state index in [0.29, 0.717) is 11.6 Å². The van der Waals surface area contributed by atoms with Crippen molar-refractivity contribution >= 4 is 17.4 Å². The average molecular weight is 305 g/mol. The van der Waals surface area contributed by atoms with E-state index >= 15 is 0 Å². The van der Waals surface area contributed by atoms with Crippen molar-refractivity contribution in [3.63, 3.8) is 0 Å². The quantitative estimate of drug-likeness (QED) is 0.783. The molecule has 0 radical (unpaired) electrons. The summed E-state index contributed by atoms with van der Waals surface area (Å²) in [5.74, 6) is 0.160. The van der Waals surface area contributed by atoms with Crippen LogP contribution in [0, 0.1) is 13.8 Å². The number of carbonyl (C=O) groups excluding carboxylic acids is 1. The Morgan fingerprint density at radius 3 is 2.43 bits per heavy atom. The molecule has 3 nitrogen and oxygen atoms in total. The Labute approximate surface area is 131 Å². The molecule has 0 aliphatic rings. The standard InChI is InChI=1S/C17H21ClN2O/c1-5-19(4)11-17(21)16-10-12(2)20(13(16)3)15-8-6-14(18)7-9-15/h6-10H,5,11H2,1-4H3. The number of aryl methyl sites for hydroxylation is 1. The second-order valence-corrected chi connectivity index (χ2v) is 5.79. The van der Waals surface area contributed by atoms with E-state index in [0.717, 1.165) is 29.2 Å². The highest BCUT2D eigenvalue weighted by Gasteiger charge is 2.17. The second-order valence-electron chi connectivity index (χ2n) is 5.35. The van der Waals surface area contributed by atoms with E-state index in [-0.39, 0.29) is 5.78 Å². The van der Waals surface area contributed by atoms with Gasteiger partial charge in [-0.3, -0.25) is 9.69 Å². The Balaban J connectivity index is 2.38. The fraction of sp³-hybridized carbons (Fsp3) is 0.353. The Hall–Kier alpha value is -1.58. The Morgan fingerprint density at radius 1 is 1.24 bits per heavy atom. The van der Waals surface area contributed by atoms with E-state index in [9.17, 15) is 4.79 Å². The zero-order valence-electron chi connectivity index (χ0n) is 13.0. The summed E-state index contributed by atoms with van der Waals surface area (Å²) in [5.41, 5.74) is 3.85. The smallest absolute Gasteiger partial charge is 0.178 e. The fourth-order valence-electron chi connectivity index (χ4n) is 2.47. The Morgan fingerprint density at radius 2 is 1.86 bits per heavy atom. The van der Waals surface area contributed by atoms with Crippen LogP contribution in [0.25, 0.3) is 5.69 Å². The number of carbonyl (C=O) groups is 1. The lowest BCUT2D eigenvalue weighted by Crippen LogP contribution is -2.25. The normalized spacial score (nSPS) is 11.1. The van der Waals surface area contributed by atoms with Crippen LogP contribution in [0.1, 0.15) is 28.7 Å². The van der Waals surface area contributed by atoms with Crippen molar-refractivity contribution in [2.24, 2.45) is 0 Å². The third kappa shape index (κ3) is 3.36. The van der Waals surface area contributed by atoms with Gasteiger partial charge in [-0.1, -0.05) is 18.5 Å². The first-order valence-electron chi connectivity index (χ1n) is 7.10. The van der Waals surface area contributed by atoms with Crippen molar-refractivity contribution < 1.29 is 4.79 Å². The number of hydrogen-bond donors (Lipinski definition) is 0. The molecule has 0 aliphatic heterocycles. The SMILES string of the molecule is CCN(C)CC(=O)c1cc(C)n(-c2ccc(Cl)cc2)c1C. The Bertz CT molecular complexity index is 644. The molecule has 0 saturated carbocycles. The summed E-state index contributed by atoms with van der Waals surface area (Å²) in [7, 11) is 1.95. The van der Waals surface area contributed by atoms with Gasteiger partial charge in [0.2, 0.25) is 0 Å². The number of Topliss-reactive ketones (excluding diaryl/α,β-unsaturated/α-hetero) is 1. The van der Waals surface area contributed by atoms with Gasteiger partial charge in [0.15, 0.2) is 5.78 Å². The lowest BCUT2D eigenvalue weighted by molar-refractivity contribution is 0.0948. The summed E-state index contributed by atoms with van der Waals surface area (Å²) in [6.45, 7) is 7.36. The number of aromatic nitrogens is 1. The average Bonchev–Trinajstić information content (AvgIpc) is 2.75. The molecule has 0 saturated heterocycles. The molecular formula is C17H21ClN2O. The van der Waals surface area contributed by atoms with Crippen LogP contribution in [0.2, 0.25) is 5.02 Å². The molecule has 0 fully saturated rings. The van der Waals surface area contributed by atoms with E-state index in [2.05, 4.69) is 4.57 Å². The molecule has 21 heavy (non-hydrogen) atoms. The predicted molar refractivity (Wildman–Crippen MR) is 87.8 cm³/mol. The van der Waals surface area contributed by atoms with Gasteiger partial charge in [-0.2, -0.15) is 0 Å². The molecule has 1 aromatic carbocycles. The highest BCUT2D eigenvalue weighted by atomic mass is 35.5. The molecule has 1 aromatic heterocycles. The minimum Gasteiger partial charge on any atom is -0.318 e. The zero-order chi connectivity index (χ0) is 15.6. The lowest BCUT2D eigenvalue weighted by atomic mass is 10.1. The van der Waals surface area contributed by atoms with Crippen molar-refractivity contribution in [3.8, 4) is 5.69 Å². The highest BCUT2D eigenvalue weighted by molar-refractivity contribution is 6.30. The maximum absolute atomic E-state index is 12.4. The first kappa shape index (κ1) is 15.8. The van der Waals surface area contributed by atoms with Gasteiger partial charge in [-0.05, 0) is 57.8 Å². The van der Waals surface area contributed by atoms with Gasteiger partial charge in [-0.15, -0.1) is 0 Å². The molecule has 0 spiro atoms. The highest BCUT2D eigenvalue weighted by Crippen LogP contribution is 2.22. The van der Waals surface area contributed by atoms with Crippen LogP contribution in [0.4, 0.5) is 0 Å². The number of rotatable bonds is 5. The number of hydrogen-bond acceptors (Lipinski definition) is 2. The van der Waals surface area contributed by atoms with E-state index in [1.807, 2.05) is 63.1 Å². The van der Waals surface area contributed by atoms with Crippen molar-refractivity contribution in [1.82, 2.24) is 9.47 Å². The molecule has 4 heteroatoms. The molecule has 0 unspecified atom stereocenters. The summed E-state index contributed by atoms with van der Waals surface area (Å²) in [5, 5.41) is 0.710. The van der Waals surface area contributed by atoms with Gasteiger partial charge in [0.1, 0.15) is 0 Å². The van der Waals surface area contributed by atoms with Crippen LogP contribution in [-0.2, 0) is 0 Å². The second kappa shape index (κ2) is 6.46. The van der Waals surface area contributed by atoms with E-state index in [4.69, 9.17) is 11.6 Å². The summed E-state index contributed by atoms with van der Waals surface area (Å²) in [6, 6.07) is 9.63. The van der Waals surface area contributed by atoms with Gasteiger partial charge in [0.25, 0.3) is 0 Å². The molecule has 0 aliphatic carbocycles. The van der Waals surface area contributed by atoms with Crippen LogP contribution in [0.5, 0.6) is 0 Å². The van der Waals surface area contributed by atoms with Crippen molar-refractivity contribution in [2.75, 3.05) is 20.1 Å². The molecule has 0 atom stereocenters. The maximum Gasteiger partial charge on any atom is 0.178 e. The van der Waals surface area contributed by atoms with Gasteiger partial charge < -0.3 is 4.57 Å². The maximum atomic E-state index is 12.4. The first-order chi connectivity index (χ1) is 9.93. The first-order valence-corrected chi connectivity index (χ1v) is 7.48. The molecule has 112 valence electrons. The van der Waals surface area contributed by atoms with Gasteiger partial charge in [-0.25, -0.2) is 0 Å². The monoisotopic (exact) mass is 304 g/mol. The molecule has 2 rings (SSSR count). The van der Waals surface area contributed by atoms with Crippen molar-refractivity contribution in [2.45, 2.75) is 20.8 Å². The number of benzene rings is 1. The molecule has 2 aromatic rings. The Kier molecular flexibility index (Phi) is 4.86. The van der Waals surface area contributed by atoms with Crippen LogP contribution >= 0.6 is 11.6 Å². The summed E-state index contributed by atoms with van der Waals surface area (Å²) in [6.07, 6.45) is 0. The minimum atomic E-state index is 0.160. The molecule has 1 heterocycles. The minimum absolute atomic E-state index is 0.160. The van der Waals surface area contributed by atoms with Crippen LogP contribution in [-0.4, -0.2) is 35.4 Å². The van der Waals surface area contributed by atoms with Gasteiger partial charge in [0, 0.05) is 27.7 Å². The molecule has 0 amide bonds. The zero-order valence-corrected chi connectivity index (χ0v) is 13.7. The van der Waals surface area contributed by atoms with Gasteiger partial charge >= 0.3 is 0 Å². The summed E-state index contributed by atoms with van der Waals surface area (Å²) >= 11 is 5.94. The van der Waals surface area contributed by atoms with Crippen molar-refractivity contribution in [1.29, 1.82) is 0 Å². The number of halogens is 1. The lowest BCUT2D eigenvalue weighted by Gasteiger charge is -2.13. The molecule has 0 N–H and O–H groups in total. The summed E-state index contributed by atoms with van der Waals surface area (Å²) < 4.78 is 2.09. The van der Waals surface area contributed by atoms with E-state index < -0.39 is 0 Å². The number of nitrogens with zero attached hydrogens (tertiary/aromatic N) is 2. The van der Waals surface area contributed by atoms with Crippen LogP contribution in [0.3, 0.4) is 0 Å². The number of ketones is 1. The fourth-order valence-corrected chi connectivity index (χ4v) is 2.60. The van der Waals surface area contributed by atoms with Crippen LogP contribution < -0.4 is 0 Å². The third-order valence-electron chi connectivity index (χ3n) is 3.77. The van der Waals surface area contributed by atoms with Crippen molar-refractivity contribution in [3.05, 3.63) is 52.3 Å².